The Bertz CT molecular complexity index is 486. The lowest BCUT2D eigenvalue weighted by molar-refractivity contribution is 0.867. The van der Waals surface area contributed by atoms with E-state index in [0.29, 0.717) is 11.6 Å². The Morgan fingerprint density at radius 3 is 3.20 bits per heavy atom. The van der Waals surface area contributed by atoms with Crippen molar-refractivity contribution >= 4 is 17.3 Å². The summed E-state index contributed by atoms with van der Waals surface area (Å²) in [4.78, 5) is 4.33. The monoisotopic (exact) mass is 203 g/mol. The maximum Gasteiger partial charge on any atom is 0.243 e. The van der Waals surface area contributed by atoms with Gasteiger partial charge < -0.3 is 11.1 Å². The van der Waals surface area contributed by atoms with Crippen LogP contribution in [-0.4, -0.2) is 21.1 Å². The minimum atomic E-state index is 0.688. The number of nitrogens with two attached hydrogens (primary N) is 1. The van der Waals surface area contributed by atoms with Gasteiger partial charge in [0.15, 0.2) is 5.65 Å². The van der Waals surface area contributed by atoms with Crippen LogP contribution in [-0.2, 0) is 0 Å². The van der Waals surface area contributed by atoms with E-state index >= 15 is 0 Å². The highest BCUT2D eigenvalue weighted by Gasteiger charge is 2.21. The predicted molar refractivity (Wildman–Crippen MR) is 58.6 cm³/mol. The van der Waals surface area contributed by atoms with Crippen LogP contribution in [0.25, 0.3) is 5.65 Å². The van der Waals surface area contributed by atoms with Crippen molar-refractivity contribution in [3.05, 3.63) is 18.3 Å². The smallest absolute Gasteiger partial charge is 0.243 e. The quantitative estimate of drug-likeness (QED) is 0.784. The van der Waals surface area contributed by atoms with Crippen LogP contribution in [0.4, 0.5) is 11.6 Å². The van der Waals surface area contributed by atoms with Crippen molar-refractivity contribution < 1.29 is 0 Å². The summed E-state index contributed by atoms with van der Waals surface area (Å²) in [6.07, 6.45) is 4.47. The van der Waals surface area contributed by atoms with Crippen molar-refractivity contribution in [1.29, 1.82) is 0 Å². The molecule has 1 saturated carbocycles. The number of hydrogen-bond acceptors (Lipinski definition) is 4. The normalized spacial score (nSPS) is 15.7. The molecule has 2 aromatic rings. The third-order valence-corrected chi connectivity index (χ3v) is 2.61. The maximum atomic E-state index is 5.66. The van der Waals surface area contributed by atoms with Gasteiger partial charge in [0, 0.05) is 24.5 Å². The molecule has 2 aromatic heterocycles. The van der Waals surface area contributed by atoms with Crippen molar-refractivity contribution in [1.82, 2.24) is 14.6 Å². The zero-order valence-electron chi connectivity index (χ0n) is 8.35. The first-order valence-corrected chi connectivity index (χ1v) is 5.17. The summed E-state index contributed by atoms with van der Waals surface area (Å²) in [6, 6.07) is 3.63. The van der Waals surface area contributed by atoms with Gasteiger partial charge in [0.05, 0.1) is 0 Å². The third-order valence-electron chi connectivity index (χ3n) is 2.61. The van der Waals surface area contributed by atoms with Gasteiger partial charge in [0.2, 0.25) is 5.95 Å². The Labute approximate surface area is 87.3 Å². The average Bonchev–Trinajstić information content (AvgIpc) is 2.95. The van der Waals surface area contributed by atoms with Gasteiger partial charge in [0.25, 0.3) is 0 Å². The highest BCUT2D eigenvalue weighted by Crippen LogP contribution is 2.28. The van der Waals surface area contributed by atoms with E-state index < -0.39 is 0 Å². The summed E-state index contributed by atoms with van der Waals surface area (Å²) in [6.45, 7) is 0.979. The Morgan fingerprint density at radius 1 is 1.53 bits per heavy atom. The van der Waals surface area contributed by atoms with Crippen LogP contribution >= 0.6 is 0 Å². The molecule has 78 valence electrons. The zero-order valence-corrected chi connectivity index (χ0v) is 8.35. The Morgan fingerprint density at radius 2 is 2.40 bits per heavy atom. The lowest BCUT2D eigenvalue weighted by atomic mass is 10.4. The molecule has 0 radical (unpaired) electrons. The lowest BCUT2D eigenvalue weighted by Gasteiger charge is -1.96. The number of nitrogens with one attached hydrogen (secondary N) is 1. The second kappa shape index (κ2) is 3.12. The molecule has 0 unspecified atom stereocenters. The molecule has 1 fully saturated rings. The molecule has 0 saturated heterocycles. The molecule has 1 aliphatic carbocycles. The van der Waals surface area contributed by atoms with E-state index in [0.717, 1.165) is 18.1 Å². The second-order valence-electron chi connectivity index (χ2n) is 4.02. The van der Waals surface area contributed by atoms with Crippen LogP contribution in [0.5, 0.6) is 0 Å². The van der Waals surface area contributed by atoms with Gasteiger partial charge in [-0.15, -0.1) is 5.10 Å². The number of hydrogen-bond donors (Lipinski definition) is 2. The fraction of sp³-hybridized carbons (Fsp3) is 0.400. The molecule has 2 heterocycles. The maximum absolute atomic E-state index is 5.66. The van der Waals surface area contributed by atoms with Crippen molar-refractivity contribution in [3.63, 3.8) is 0 Å². The fourth-order valence-corrected chi connectivity index (χ4v) is 1.53. The number of pyridine rings is 1. The van der Waals surface area contributed by atoms with Gasteiger partial charge in [-0.25, -0.2) is 4.52 Å². The van der Waals surface area contributed by atoms with Gasteiger partial charge in [-0.3, -0.25) is 0 Å². The highest BCUT2D eigenvalue weighted by molar-refractivity contribution is 5.53. The summed E-state index contributed by atoms with van der Waals surface area (Å²) in [5.41, 5.74) is 7.16. The van der Waals surface area contributed by atoms with Gasteiger partial charge >= 0.3 is 0 Å². The number of nitrogen functional groups attached to an aromatic ring is 1. The Balaban J connectivity index is 1.84. The summed E-state index contributed by atoms with van der Waals surface area (Å²) < 4.78 is 1.73. The molecule has 0 amide bonds. The third kappa shape index (κ3) is 1.72. The molecule has 5 heteroatoms. The summed E-state index contributed by atoms with van der Waals surface area (Å²) >= 11 is 0. The van der Waals surface area contributed by atoms with Crippen LogP contribution in [0.15, 0.2) is 18.3 Å². The first kappa shape index (κ1) is 8.52. The Hall–Kier alpha value is -1.78. The minimum Gasteiger partial charge on any atom is -0.399 e. The average molecular weight is 203 g/mol. The predicted octanol–water partition coefficient (Wildman–Crippen LogP) is 1.13. The molecule has 5 nitrogen and oxygen atoms in total. The van der Waals surface area contributed by atoms with E-state index in [1.54, 1.807) is 4.52 Å². The topological polar surface area (TPSA) is 68.2 Å². The van der Waals surface area contributed by atoms with Gasteiger partial charge in [-0.05, 0) is 24.8 Å². The molecule has 0 atom stereocenters. The van der Waals surface area contributed by atoms with Crippen molar-refractivity contribution in [2.24, 2.45) is 5.92 Å². The molecule has 3 rings (SSSR count). The largest absolute Gasteiger partial charge is 0.399 e. The van der Waals surface area contributed by atoms with Crippen LogP contribution < -0.4 is 11.1 Å². The zero-order chi connectivity index (χ0) is 10.3. The summed E-state index contributed by atoms with van der Waals surface area (Å²) in [7, 11) is 0. The van der Waals surface area contributed by atoms with Crippen LogP contribution in [0.2, 0.25) is 0 Å². The SMILES string of the molecule is Nc1ccn2nc(NCC3CC3)nc2c1. The second-order valence-corrected chi connectivity index (χ2v) is 4.02. The molecule has 15 heavy (non-hydrogen) atoms. The van der Waals surface area contributed by atoms with E-state index in [4.69, 9.17) is 5.73 Å². The van der Waals surface area contributed by atoms with Gasteiger partial charge in [-0.2, -0.15) is 4.98 Å². The van der Waals surface area contributed by atoms with Gasteiger partial charge in [0.1, 0.15) is 0 Å². The molecule has 0 aliphatic heterocycles. The minimum absolute atomic E-state index is 0.688. The molecule has 1 aliphatic rings. The highest BCUT2D eigenvalue weighted by atomic mass is 15.3. The molecule has 0 bridgehead atoms. The standard InChI is InChI=1S/C10H13N5/c11-8-3-4-15-9(5-8)13-10(14-15)12-6-7-1-2-7/h3-5,7H,1-2,6,11H2,(H,12,14). The number of fused-ring (bicyclic) bond motifs is 1. The first-order valence-electron chi connectivity index (χ1n) is 5.17. The molecular formula is C10H13N5. The van der Waals surface area contributed by atoms with Crippen molar-refractivity contribution in [3.8, 4) is 0 Å². The number of aromatic nitrogens is 3. The van der Waals surface area contributed by atoms with Crippen molar-refractivity contribution in [2.75, 3.05) is 17.6 Å². The Kier molecular flexibility index (Phi) is 1.77. The molecule has 0 spiro atoms. The number of anilines is 2. The summed E-state index contributed by atoms with van der Waals surface area (Å²) in [5.74, 6) is 1.51. The summed E-state index contributed by atoms with van der Waals surface area (Å²) in [5, 5.41) is 7.52. The number of rotatable bonds is 3. The first-order chi connectivity index (χ1) is 7.31. The molecule has 3 N–H and O–H groups in total. The van der Waals surface area contributed by atoms with Crippen LogP contribution in [0, 0.1) is 5.92 Å². The van der Waals surface area contributed by atoms with Gasteiger partial charge in [-0.1, -0.05) is 0 Å². The molecular weight excluding hydrogens is 190 g/mol. The van der Waals surface area contributed by atoms with E-state index in [1.807, 2.05) is 18.3 Å². The van der Waals surface area contributed by atoms with E-state index in [-0.39, 0.29) is 0 Å². The van der Waals surface area contributed by atoms with Crippen LogP contribution in [0.3, 0.4) is 0 Å². The fourth-order valence-electron chi connectivity index (χ4n) is 1.53. The van der Waals surface area contributed by atoms with E-state index in [2.05, 4.69) is 15.4 Å². The van der Waals surface area contributed by atoms with E-state index in [9.17, 15) is 0 Å². The van der Waals surface area contributed by atoms with Crippen molar-refractivity contribution in [2.45, 2.75) is 12.8 Å². The lowest BCUT2D eigenvalue weighted by Crippen LogP contribution is -2.04. The van der Waals surface area contributed by atoms with Crippen LogP contribution in [0.1, 0.15) is 12.8 Å². The molecule has 0 aromatic carbocycles. The van der Waals surface area contributed by atoms with E-state index in [1.165, 1.54) is 12.8 Å². The number of nitrogens with zero attached hydrogens (tertiary/aromatic N) is 3.